The lowest BCUT2D eigenvalue weighted by molar-refractivity contribution is 0.0156. The predicted octanol–water partition coefficient (Wildman–Crippen LogP) is 4.35. The van der Waals surface area contributed by atoms with E-state index in [0.29, 0.717) is 30.5 Å². The summed E-state index contributed by atoms with van der Waals surface area (Å²) in [6, 6.07) is 14.8. The molecule has 2 atom stereocenters. The molecule has 2 fully saturated rings. The number of aromatic hydroxyl groups is 1. The van der Waals surface area contributed by atoms with Crippen LogP contribution < -0.4 is 9.62 Å². The molecule has 1 aromatic heterocycles. The highest BCUT2D eigenvalue weighted by Crippen LogP contribution is 2.35. The second-order valence-corrected chi connectivity index (χ2v) is 8.69. The topological polar surface area (TPSA) is 57.6 Å². The van der Waals surface area contributed by atoms with Gasteiger partial charge < -0.3 is 14.7 Å². The van der Waals surface area contributed by atoms with Gasteiger partial charge in [0.25, 0.3) is 0 Å². The number of hydrogen-bond donors (Lipinski definition) is 2. The number of rotatable bonds is 7. The van der Waals surface area contributed by atoms with E-state index in [1.165, 1.54) is 18.4 Å². The zero-order valence-electron chi connectivity index (χ0n) is 17.0. The summed E-state index contributed by atoms with van der Waals surface area (Å²) in [6.45, 7) is 1.53. The Morgan fingerprint density at radius 1 is 1.10 bits per heavy atom. The summed E-state index contributed by atoms with van der Waals surface area (Å²) in [5.74, 6) is 1.57. The van der Waals surface area contributed by atoms with Gasteiger partial charge >= 0.3 is 0 Å². The predicted molar refractivity (Wildman–Crippen MR) is 119 cm³/mol. The summed E-state index contributed by atoms with van der Waals surface area (Å²) in [6.07, 6.45) is 9.75. The van der Waals surface area contributed by atoms with Crippen LogP contribution in [-0.2, 0) is 4.74 Å². The van der Waals surface area contributed by atoms with Gasteiger partial charge in [-0.2, -0.15) is 0 Å². The Bertz CT molecular complexity index is 768. The monoisotopic (exact) mass is 413 g/mol. The zero-order valence-corrected chi connectivity index (χ0v) is 17.9. The van der Waals surface area contributed by atoms with E-state index in [0.717, 1.165) is 25.8 Å². The van der Waals surface area contributed by atoms with Crippen molar-refractivity contribution in [2.45, 2.75) is 56.2 Å². The molecule has 2 unspecified atom stereocenters. The van der Waals surface area contributed by atoms with Crippen LogP contribution in [0.2, 0.25) is 0 Å². The van der Waals surface area contributed by atoms with E-state index in [2.05, 4.69) is 51.2 Å². The summed E-state index contributed by atoms with van der Waals surface area (Å²) in [7, 11) is 0. The number of nitrogens with zero attached hydrogens (tertiary/aromatic N) is 2. The molecular formula is C23H31N3O2S. The first kappa shape index (κ1) is 20.5. The largest absolute Gasteiger partial charge is 0.504 e. The zero-order chi connectivity index (χ0) is 20.1. The molecule has 1 saturated heterocycles. The Balaban J connectivity index is 1.36. The third-order valence-corrected chi connectivity index (χ3v) is 6.84. The van der Waals surface area contributed by atoms with Crippen molar-refractivity contribution in [2.24, 2.45) is 0 Å². The number of benzene rings is 1. The van der Waals surface area contributed by atoms with Crippen molar-refractivity contribution in [1.29, 1.82) is 0 Å². The first-order chi connectivity index (χ1) is 14.3. The van der Waals surface area contributed by atoms with Gasteiger partial charge in [-0.1, -0.05) is 42.3 Å². The van der Waals surface area contributed by atoms with Crippen LogP contribution >= 0.6 is 11.9 Å². The summed E-state index contributed by atoms with van der Waals surface area (Å²) < 4.78 is 9.93. The molecule has 0 amide bonds. The molecule has 0 spiro atoms. The highest BCUT2D eigenvalue weighted by Gasteiger charge is 2.37. The molecule has 5 nitrogen and oxygen atoms in total. The van der Waals surface area contributed by atoms with E-state index in [-0.39, 0.29) is 11.8 Å². The second-order valence-electron chi connectivity index (χ2n) is 8.04. The number of hydrogen-bond acceptors (Lipinski definition) is 6. The Morgan fingerprint density at radius 2 is 1.90 bits per heavy atom. The minimum Gasteiger partial charge on any atom is -0.504 e. The van der Waals surface area contributed by atoms with Gasteiger partial charge in [-0.3, -0.25) is 4.72 Å². The Kier molecular flexibility index (Phi) is 6.95. The van der Waals surface area contributed by atoms with Crippen molar-refractivity contribution in [3.8, 4) is 5.75 Å². The van der Waals surface area contributed by atoms with Crippen LogP contribution in [0, 0.1) is 0 Å². The van der Waals surface area contributed by atoms with Crippen molar-refractivity contribution in [3.05, 3.63) is 54.2 Å². The average molecular weight is 414 g/mol. The minimum absolute atomic E-state index is 0.176. The molecule has 2 heterocycles. The number of ether oxygens (including phenoxy) is 1. The van der Waals surface area contributed by atoms with Crippen molar-refractivity contribution < 1.29 is 9.84 Å². The van der Waals surface area contributed by atoms with Crippen LogP contribution in [0.25, 0.3) is 0 Å². The van der Waals surface area contributed by atoms with Crippen LogP contribution in [0.5, 0.6) is 5.75 Å². The molecule has 1 aliphatic carbocycles. The molecule has 1 saturated carbocycles. The smallest absolute Gasteiger partial charge is 0.171 e. The van der Waals surface area contributed by atoms with Gasteiger partial charge in [0, 0.05) is 18.8 Å². The summed E-state index contributed by atoms with van der Waals surface area (Å²) in [5.41, 5.74) is 1.46. The lowest BCUT2D eigenvalue weighted by Crippen LogP contribution is -2.45. The normalized spacial score (nSPS) is 27.3. The van der Waals surface area contributed by atoms with Gasteiger partial charge in [-0.15, -0.1) is 0 Å². The Hall–Kier alpha value is -1.76. The van der Waals surface area contributed by atoms with Gasteiger partial charge in [0.2, 0.25) is 0 Å². The number of nitrogens with one attached hydrogen (secondary N) is 1. The molecule has 0 radical (unpaired) electrons. The molecule has 0 bridgehead atoms. The van der Waals surface area contributed by atoms with Crippen molar-refractivity contribution >= 4 is 17.8 Å². The third-order valence-electron chi connectivity index (χ3n) is 6.30. The van der Waals surface area contributed by atoms with Gasteiger partial charge in [0.05, 0.1) is 18.8 Å². The molecule has 156 valence electrons. The molecule has 2 aromatic rings. The van der Waals surface area contributed by atoms with E-state index < -0.39 is 0 Å². The fraction of sp³-hybridized carbons (Fsp3) is 0.522. The van der Waals surface area contributed by atoms with Crippen LogP contribution in [0.15, 0.2) is 48.7 Å². The van der Waals surface area contributed by atoms with E-state index in [4.69, 9.17) is 4.74 Å². The summed E-state index contributed by atoms with van der Waals surface area (Å²) in [4.78, 5) is 6.64. The molecule has 6 heteroatoms. The van der Waals surface area contributed by atoms with Gasteiger partial charge in [-0.25, -0.2) is 4.98 Å². The molecule has 1 aromatic carbocycles. The molecule has 1 aliphatic heterocycles. The number of aromatic nitrogens is 1. The fourth-order valence-electron chi connectivity index (χ4n) is 4.74. The van der Waals surface area contributed by atoms with Crippen LogP contribution in [0.1, 0.15) is 43.6 Å². The van der Waals surface area contributed by atoms with E-state index in [1.54, 1.807) is 30.3 Å². The van der Waals surface area contributed by atoms with Crippen LogP contribution in [0.4, 0.5) is 5.82 Å². The summed E-state index contributed by atoms with van der Waals surface area (Å²) >= 11 is 1.65. The third kappa shape index (κ3) is 4.87. The molecule has 2 N–H and O–H groups in total. The summed E-state index contributed by atoms with van der Waals surface area (Å²) in [5, 5.41) is 10.3. The number of pyridine rings is 1. The maximum Gasteiger partial charge on any atom is 0.171 e. The standard InChI is InChI=1S/C23H31N3O2S/c1-29-25-20-13-15-26(23-22(27)8-5-14-24-23)21(20)16-28-19-11-9-18(10-12-19)17-6-3-2-4-7-17/h2-8,14,18-21,25,27H,9-13,15-16H2,1H3/t18-,19+,20?,21?. The first-order valence-electron chi connectivity index (χ1n) is 10.6. The Morgan fingerprint density at radius 3 is 2.62 bits per heavy atom. The van der Waals surface area contributed by atoms with Crippen LogP contribution in [0.3, 0.4) is 0 Å². The first-order valence-corrected chi connectivity index (χ1v) is 11.8. The van der Waals surface area contributed by atoms with Gasteiger partial charge in [0.15, 0.2) is 11.6 Å². The van der Waals surface area contributed by atoms with Crippen molar-refractivity contribution in [3.63, 3.8) is 0 Å². The highest BCUT2D eigenvalue weighted by atomic mass is 32.2. The number of anilines is 1. The molecule has 4 rings (SSSR count). The maximum atomic E-state index is 10.3. The lowest BCUT2D eigenvalue weighted by atomic mass is 9.83. The quantitative estimate of drug-likeness (QED) is 0.659. The molecular weight excluding hydrogens is 382 g/mol. The maximum absolute atomic E-state index is 10.3. The highest BCUT2D eigenvalue weighted by molar-refractivity contribution is 7.96. The van der Waals surface area contributed by atoms with Crippen LogP contribution in [-0.4, -0.2) is 47.7 Å². The average Bonchev–Trinajstić information content (AvgIpc) is 3.16. The Labute approximate surface area is 178 Å². The SMILES string of the molecule is CSNC1CCN(c2ncccc2O)C1CO[C@H]1CC[C@@H](c2ccccc2)CC1. The van der Waals surface area contributed by atoms with Crippen molar-refractivity contribution in [2.75, 3.05) is 24.3 Å². The lowest BCUT2D eigenvalue weighted by Gasteiger charge is -2.33. The van der Waals surface area contributed by atoms with Gasteiger partial charge in [0.1, 0.15) is 0 Å². The van der Waals surface area contributed by atoms with Gasteiger partial charge in [-0.05, 0) is 62.0 Å². The fourth-order valence-corrected chi connectivity index (χ4v) is 5.32. The van der Waals surface area contributed by atoms with E-state index in [1.807, 2.05) is 0 Å². The molecule has 29 heavy (non-hydrogen) atoms. The van der Waals surface area contributed by atoms with Crippen molar-refractivity contribution in [1.82, 2.24) is 9.71 Å². The van der Waals surface area contributed by atoms with E-state index in [9.17, 15) is 5.11 Å². The minimum atomic E-state index is 0.176. The van der Waals surface area contributed by atoms with E-state index >= 15 is 0 Å². The second kappa shape index (κ2) is 9.83. The molecule has 2 aliphatic rings.